The van der Waals surface area contributed by atoms with Crippen LogP contribution in [0.5, 0.6) is 0 Å². The summed E-state index contributed by atoms with van der Waals surface area (Å²) in [7, 11) is -2.78. The van der Waals surface area contributed by atoms with Gasteiger partial charge in [-0.05, 0) is 99.4 Å². The van der Waals surface area contributed by atoms with Crippen LogP contribution < -0.4 is 0 Å². The maximum absolute atomic E-state index is 6.16. The molecule has 29 heavy (non-hydrogen) atoms. The van der Waals surface area contributed by atoms with Crippen molar-refractivity contribution in [1.29, 1.82) is 0 Å². The summed E-state index contributed by atoms with van der Waals surface area (Å²) in [6.07, 6.45) is 14.8. The zero-order valence-corrected chi connectivity index (χ0v) is 20.9. The maximum Gasteiger partial charge on any atom is 0.461 e. The molecule has 4 nitrogen and oxygen atoms in total. The van der Waals surface area contributed by atoms with E-state index < -0.39 is 8.56 Å². The fraction of sp³-hybridized carbons (Fsp3) is 0.857. The van der Waals surface area contributed by atoms with Crippen molar-refractivity contribution in [3.8, 4) is 0 Å². The Balaban J connectivity index is 1.69. The van der Waals surface area contributed by atoms with E-state index in [0.717, 1.165) is 24.2 Å². The van der Waals surface area contributed by atoms with Gasteiger partial charge in [-0.1, -0.05) is 32.6 Å². The summed E-state index contributed by atoms with van der Waals surface area (Å²) < 4.78 is 18.6. The number of isothiocyanates is 3. The fourth-order valence-corrected chi connectivity index (χ4v) is 7.96. The second kappa shape index (κ2) is 13.8. The van der Waals surface area contributed by atoms with E-state index in [2.05, 4.69) is 36.4 Å². The van der Waals surface area contributed by atoms with Crippen molar-refractivity contribution in [3.05, 3.63) is 0 Å². The van der Waals surface area contributed by atoms with E-state index in [1.165, 1.54) is 64.2 Å². The molecule has 2 saturated carbocycles. The summed E-state index contributed by atoms with van der Waals surface area (Å²) >= 11 is 14.2. The molecule has 2 aliphatic rings. The molecule has 0 aromatic rings. The molecule has 160 valence electrons. The van der Waals surface area contributed by atoms with Crippen LogP contribution in [0.15, 0.2) is 14.0 Å². The van der Waals surface area contributed by atoms with Gasteiger partial charge in [0.15, 0.2) is 0 Å². The Hall–Kier alpha value is -0.423. The molecule has 0 bridgehead atoms. The van der Waals surface area contributed by atoms with Crippen molar-refractivity contribution in [1.82, 2.24) is 0 Å². The second-order valence-electron chi connectivity index (χ2n) is 8.46. The van der Waals surface area contributed by atoms with Crippen molar-refractivity contribution in [3.63, 3.8) is 0 Å². The molecular weight excluding hydrogens is 435 g/mol. The molecule has 0 aliphatic heterocycles. The summed E-state index contributed by atoms with van der Waals surface area (Å²) in [5.74, 6) is 2.88. The molecule has 8 heteroatoms. The molecule has 0 saturated heterocycles. The predicted octanol–water partition coefficient (Wildman–Crippen LogP) is 6.81. The first-order valence-electron chi connectivity index (χ1n) is 11.0. The highest BCUT2D eigenvalue weighted by Gasteiger charge is 2.34. The molecule has 2 aliphatic carbocycles. The Morgan fingerprint density at radius 2 is 1.34 bits per heavy atom. The van der Waals surface area contributed by atoms with Crippen LogP contribution in [-0.4, -0.2) is 36.8 Å². The number of hydrogen-bond donors (Lipinski definition) is 0. The number of thiocarbonyl (C=S) groups is 3. The third kappa shape index (κ3) is 8.32. The zero-order chi connectivity index (χ0) is 21.0. The van der Waals surface area contributed by atoms with Crippen molar-refractivity contribution < 1.29 is 4.74 Å². The lowest BCUT2D eigenvalue weighted by molar-refractivity contribution is 0.00717. The van der Waals surface area contributed by atoms with Gasteiger partial charge >= 0.3 is 8.56 Å². The van der Waals surface area contributed by atoms with E-state index in [4.69, 9.17) is 41.4 Å². The van der Waals surface area contributed by atoms with Crippen LogP contribution in [0.25, 0.3) is 0 Å². The largest absolute Gasteiger partial charge is 0.461 e. The molecule has 0 aromatic heterocycles. The lowest BCUT2D eigenvalue weighted by atomic mass is 9.70. The van der Waals surface area contributed by atoms with Gasteiger partial charge in [-0.15, -0.1) is 0 Å². The molecule has 0 radical (unpaired) electrons. The molecule has 0 heterocycles. The van der Waals surface area contributed by atoms with Crippen molar-refractivity contribution >= 4 is 60.7 Å². The van der Waals surface area contributed by atoms with E-state index in [1.807, 2.05) is 0 Å². The highest BCUT2D eigenvalue weighted by atomic mass is 32.1. The van der Waals surface area contributed by atoms with Gasteiger partial charge in [-0.25, -0.2) is 14.0 Å². The average Bonchev–Trinajstić information content (AvgIpc) is 2.73. The Labute approximate surface area is 193 Å². The topological polar surface area (TPSA) is 46.3 Å². The summed E-state index contributed by atoms with van der Waals surface area (Å²) in [5, 5.41) is 7.15. The Morgan fingerprint density at radius 1 is 0.828 bits per heavy atom. The third-order valence-electron chi connectivity index (χ3n) is 6.66. The molecule has 0 spiro atoms. The van der Waals surface area contributed by atoms with Crippen molar-refractivity contribution in [2.45, 2.75) is 89.7 Å². The van der Waals surface area contributed by atoms with Gasteiger partial charge in [-0.2, -0.15) is 0 Å². The van der Waals surface area contributed by atoms with Crippen LogP contribution in [0.2, 0.25) is 6.04 Å². The molecular formula is C21H33N3OS3Si. The van der Waals surface area contributed by atoms with Crippen molar-refractivity contribution in [2.75, 3.05) is 6.61 Å². The van der Waals surface area contributed by atoms with Crippen molar-refractivity contribution in [2.24, 2.45) is 31.7 Å². The lowest BCUT2D eigenvalue weighted by Crippen LogP contribution is -2.30. The van der Waals surface area contributed by atoms with E-state index in [-0.39, 0.29) is 0 Å². The van der Waals surface area contributed by atoms with Crippen LogP contribution in [-0.2, 0) is 4.74 Å². The Bertz CT molecular complexity index is 596. The minimum absolute atomic E-state index is 0.385. The van der Waals surface area contributed by atoms with Gasteiger partial charge in [0, 0.05) is 12.7 Å². The highest BCUT2D eigenvalue weighted by molar-refractivity contribution is 7.78. The lowest BCUT2D eigenvalue weighted by Gasteiger charge is -2.37. The molecule has 0 N–H and O–H groups in total. The van der Waals surface area contributed by atoms with Gasteiger partial charge in [0.25, 0.3) is 0 Å². The number of nitrogens with zero attached hydrogens (tertiary/aromatic N) is 3. The predicted molar refractivity (Wildman–Crippen MR) is 132 cm³/mol. The van der Waals surface area contributed by atoms with Gasteiger partial charge in [-0.3, -0.25) is 0 Å². The van der Waals surface area contributed by atoms with E-state index in [0.29, 0.717) is 18.8 Å². The minimum Gasteiger partial charge on any atom is -0.378 e. The molecule has 0 atom stereocenters. The minimum atomic E-state index is -2.78. The molecule has 0 aromatic carbocycles. The van der Waals surface area contributed by atoms with Crippen LogP contribution in [0.4, 0.5) is 0 Å². The Kier molecular flexibility index (Phi) is 11.8. The quantitative estimate of drug-likeness (QED) is 0.145. The summed E-state index contributed by atoms with van der Waals surface area (Å²) in [4.78, 5) is 0. The first-order valence-corrected chi connectivity index (χ1v) is 14.3. The number of hydrogen-bond acceptors (Lipinski definition) is 7. The smallest absolute Gasteiger partial charge is 0.378 e. The summed E-state index contributed by atoms with van der Waals surface area (Å²) in [5.41, 5.74) is 0. The van der Waals surface area contributed by atoms with Gasteiger partial charge in [0.2, 0.25) is 0 Å². The summed E-state index contributed by atoms with van der Waals surface area (Å²) in [6.45, 7) is 3.00. The molecule has 2 fully saturated rings. The van der Waals surface area contributed by atoms with E-state index in [9.17, 15) is 0 Å². The van der Waals surface area contributed by atoms with Crippen LogP contribution in [0.1, 0.15) is 77.6 Å². The molecule has 0 unspecified atom stereocenters. The van der Waals surface area contributed by atoms with Gasteiger partial charge in [0.05, 0.1) is 21.6 Å². The van der Waals surface area contributed by atoms with E-state index in [1.54, 1.807) is 0 Å². The number of rotatable bonds is 11. The Morgan fingerprint density at radius 3 is 1.83 bits per heavy atom. The van der Waals surface area contributed by atoms with Gasteiger partial charge < -0.3 is 4.74 Å². The first-order chi connectivity index (χ1) is 14.2. The van der Waals surface area contributed by atoms with Crippen LogP contribution in [0, 0.1) is 17.8 Å². The highest BCUT2D eigenvalue weighted by Crippen LogP contribution is 2.41. The molecule has 2 rings (SSSR count). The second-order valence-corrected chi connectivity index (χ2v) is 11.7. The first kappa shape index (κ1) is 24.8. The van der Waals surface area contributed by atoms with Crippen LogP contribution >= 0.6 is 36.7 Å². The fourth-order valence-electron chi connectivity index (χ4n) is 5.10. The zero-order valence-electron chi connectivity index (χ0n) is 17.5. The van der Waals surface area contributed by atoms with E-state index >= 15 is 0 Å². The number of ether oxygens (including phenoxy) is 1. The third-order valence-corrected chi connectivity index (χ3v) is 9.85. The normalized spacial score (nSPS) is 28.9. The maximum atomic E-state index is 6.16. The average molecular weight is 468 g/mol. The monoisotopic (exact) mass is 467 g/mol. The van der Waals surface area contributed by atoms with Crippen LogP contribution in [0.3, 0.4) is 0 Å². The molecule has 0 amide bonds. The summed E-state index contributed by atoms with van der Waals surface area (Å²) in [6, 6.07) is 0.639. The SMILES string of the molecule is CCC[C@H]1CC[C@H]([C@H]2CC[C@H](OCCC[Si](N=C=S)(N=C=S)N=C=S)CC2)CC1. The standard InChI is InChI=1S/C21H33N3OS3Si/c1-2-4-18-5-7-19(8-6-18)20-9-11-21(12-10-20)25-13-3-14-29(22-15-26,23-16-27)24-17-28/h18-21H,2-14H2,1H3/t18-,19-,20-,21-. The van der Waals surface area contributed by atoms with Gasteiger partial charge in [0.1, 0.15) is 0 Å².